The molecule has 0 aliphatic rings. The third-order valence-corrected chi connectivity index (χ3v) is 7.01. The van der Waals surface area contributed by atoms with Gasteiger partial charge in [0.25, 0.3) is 0 Å². The van der Waals surface area contributed by atoms with Crippen molar-refractivity contribution < 1.29 is 14.3 Å². The fourth-order valence-electron chi connectivity index (χ4n) is 3.91. The number of halogens is 2. The summed E-state index contributed by atoms with van der Waals surface area (Å²) in [4.78, 5) is 31.1. The lowest BCUT2D eigenvalue weighted by Crippen LogP contribution is -2.37. The summed E-state index contributed by atoms with van der Waals surface area (Å²) in [6.45, 7) is 3.67. The van der Waals surface area contributed by atoms with E-state index in [9.17, 15) is 9.59 Å². The molecule has 200 valence electrons. The van der Waals surface area contributed by atoms with E-state index in [4.69, 9.17) is 33.7 Å². The largest absolute Gasteiger partial charge is 0.487 e. The lowest BCUT2D eigenvalue weighted by molar-refractivity contribution is -0.122. The number of aryl methyl sites for hydroxylation is 2. The van der Waals surface area contributed by atoms with Gasteiger partial charge in [-0.3, -0.25) is 9.59 Å². The number of amides is 2. The number of fused-ring (bicyclic) bond motifs is 1. The van der Waals surface area contributed by atoms with Crippen molar-refractivity contribution in [2.75, 3.05) is 24.2 Å². The summed E-state index contributed by atoms with van der Waals surface area (Å²) in [6, 6.07) is 18.4. The summed E-state index contributed by atoms with van der Waals surface area (Å²) in [5.41, 5.74) is 10.9. The Labute approximate surface area is 237 Å². The van der Waals surface area contributed by atoms with Crippen molar-refractivity contribution in [2.45, 2.75) is 20.5 Å². The number of carbonyl (C=O) groups is 2. The predicted octanol–water partition coefficient (Wildman–Crippen LogP) is 6.11. The second-order valence-corrected chi connectivity index (χ2v) is 9.83. The van der Waals surface area contributed by atoms with Crippen molar-refractivity contribution in [3.8, 4) is 5.75 Å². The highest BCUT2D eigenvalue weighted by molar-refractivity contribution is 6.38. The van der Waals surface area contributed by atoms with Crippen molar-refractivity contribution in [3.63, 3.8) is 0 Å². The normalized spacial score (nSPS) is 11.1. The number of para-hydroxylation sites is 1. The first-order valence-electron chi connectivity index (χ1n) is 12.2. The van der Waals surface area contributed by atoms with E-state index < -0.39 is 5.91 Å². The fraction of sp³-hybridized carbons (Fsp3) is 0.167. The summed E-state index contributed by atoms with van der Waals surface area (Å²) in [6.07, 6.45) is 3.03. The average molecular weight is 563 g/mol. The molecule has 0 atom stereocenters. The van der Waals surface area contributed by atoms with E-state index >= 15 is 0 Å². The molecule has 4 aromatic rings. The Kier molecular flexibility index (Phi) is 8.74. The Balaban J connectivity index is 1.42. The Bertz CT molecular complexity index is 1590. The van der Waals surface area contributed by atoms with Crippen molar-refractivity contribution in [1.29, 1.82) is 0 Å². The summed E-state index contributed by atoms with van der Waals surface area (Å²) < 4.78 is 6.07. The second-order valence-electron chi connectivity index (χ2n) is 9.05. The number of hydrogen-bond acceptors (Lipinski definition) is 5. The lowest BCUT2D eigenvalue weighted by Gasteiger charge is -2.21. The molecule has 7 nitrogen and oxygen atoms in total. The predicted molar refractivity (Wildman–Crippen MR) is 158 cm³/mol. The van der Waals surface area contributed by atoms with E-state index in [1.165, 1.54) is 11.0 Å². The average Bonchev–Trinajstić information content (AvgIpc) is 2.92. The minimum absolute atomic E-state index is 0.0778. The molecule has 1 heterocycles. The molecule has 9 heteroatoms. The van der Waals surface area contributed by atoms with Crippen LogP contribution in [0.25, 0.3) is 17.0 Å². The van der Waals surface area contributed by atoms with Gasteiger partial charge in [-0.15, -0.1) is 0 Å². The first-order valence-corrected chi connectivity index (χ1v) is 12.9. The van der Waals surface area contributed by atoms with Gasteiger partial charge in [-0.2, -0.15) is 0 Å². The molecule has 3 aromatic carbocycles. The molecule has 0 saturated heterocycles. The Hall–Kier alpha value is -4.07. The van der Waals surface area contributed by atoms with Crippen LogP contribution < -0.4 is 20.7 Å². The third-order valence-electron chi connectivity index (χ3n) is 6.23. The molecule has 0 unspecified atom stereocenters. The van der Waals surface area contributed by atoms with Crippen LogP contribution in [0.2, 0.25) is 10.0 Å². The summed E-state index contributed by atoms with van der Waals surface area (Å²) in [5, 5.41) is 4.25. The first kappa shape index (κ1) is 28.0. The van der Waals surface area contributed by atoms with Gasteiger partial charge in [0, 0.05) is 40.5 Å². The van der Waals surface area contributed by atoms with Gasteiger partial charge in [0.05, 0.1) is 17.3 Å². The molecular weight excluding hydrogens is 535 g/mol. The third kappa shape index (κ3) is 6.69. The number of carbonyl (C=O) groups excluding carboxylic acids is 2. The number of nitrogens with zero attached hydrogens (tertiary/aromatic N) is 2. The molecule has 2 amide bonds. The van der Waals surface area contributed by atoms with E-state index in [0.717, 1.165) is 27.7 Å². The highest BCUT2D eigenvalue weighted by atomic mass is 35.5. The molecule has 39 heavy (non-hydrogen) atoms. The first-order chi connectivity index (χ1) is 18.6. The molecule has 0 fully saturated rings. The van der Waals surface area contributed by atoms with E-state index in [2.05, 4.69) is 10.3 Å². The van der Waals surface area contributed by atoms with Gasteiger partial charge in [-0.05, 0) is 67.4 Å². The molecular formula is C30H28Cl2N4O3. The van der Waals surface area contributed by atoms with Gasteiger partial charge in [0.1, 0.15) is 17.9 Å². The van der Waals surface area contributed by atoms with E-state index in [1.807, 2.05) is 56.3 Å². The van der Waals surface area contributed by atoms with E-state index in [0.29, 0.717) is 27.7 Å². The second kappa shape index (κ2) is 12.2. The molecule has 0 spiro atoms. The zero-order valence-corrected chi connectivity index (χ0v) is 23.3. The molecule has 1 aromatic heterocycles. The number of ether oxygens (including phenoxy) is 1. The van der Waals surface area contributed by atoms with Crippen LogP contribution in [0.4, 0.5) is 11.4 Å². The SMILES string of the molecule is Cc1ccc2cccc(OCc3c(Cl)ccc(N(C)C(=O)CNC(=O)C=Cc4ccc(N)c(C)c4)c3Cl)c2n1. The zero-order chi connectivity index (χ0) is 28.1. The minimum Gasteiger partial charge on any atom is -0.487 e. The van der Waals surface area contributed by atoms with Crippen LogP contribution in [0.3, 0.4) is 0 Å². The number of pyridine rings is 1. The smallest absolute Gasteiger partial charge is 0.246 e. The van der Waals surface area contributed by atoms with Crippen LogP contribution in [-0.2, 0) is 16.2 Å². The highest BCUT2D eigenvalue weighted by Crippen LogP contribution is 2.35. The monoisotopic (exact) mass is 562 g/mol. The van der Waals surface area contributed by atoms with Gasteiger partial charge in [0.15, 0.2) is 0 Å². The quantitative estimate of drug-likeness (QED) is 0.199. The number of hydrogen-bond donors (Lipinski definition) is 2. The number of aromatic nitrogens is 1. The number of benzene rings is 3. The van der Waals surface area contributed by atoms with Crippen molar-refractivity contribution in [3.05, 3.63) is 99.2 Å². The van der Waals surface area contributed by atoms with Crippen molar-refractivity contribution in [2.24, 2.45) is 0 Å². The minimum atomic E-state index is -0.401. The van der Waals surface area contributed by atoms with E-state index in [1.54, 1.807) is 31.3 Å². The van der Waals surface area contributed by atoms with Crippen molar-refractivity contribution >= 4 is 63.4 Å². The fourth-order valence-corrected chi connectivity index (χ4v) is 4.52. The maximum absolute atomic E-state index is 12.9. The van der Waals surface area contributed by atoms with Crippen LogP contribution in [0.5, 0.6) is 5.75 Å². The van der Waals surface area contributed by atoms with Gasteiger partial charge in [0.2, 0.25) is 11.8 Å². The molecule has 0 bridgehead atoms. The summed E-state index contributed by atoms with van der Waals surface area (Å²) >= 11 is 13.1. The maximum Gasteiger partial charge on any atom is 0.246 e. The number of likely N-dealkylation sites (N-methyl/N-ethyl adjacent to an activating group) is 1. The van der Waals surface area contributed by atoms with Crippen LogP contribution in [0.1, 0.15) is 22.4 Å². The van der Waals surface area contributed by atoms with Crippen molar-refractivity contribution in [1.82, 2.24) is 10.3 Å². The summed E-state index contributed by atoms with van der Waals surface area (Å²) in [5.74, 6) is -0.158. The Morgan fingerprint density at radius 2 is 1.87 bits per heavy atom. The number of rotatable bonds is 8. The lowest BCUT2D eigenvalue weighted by atomic mass is 10.1. The molecule has 0 aliphatic carbocycles. The number of nitrogen functional groups attached to an aromatic ring is 1. The van der Waals surface area contributed by atoms with Crippen LogP contribution >= 0.6 is 23.2 Å². The van der Waals surface area contributed by atoms with Gasteiger partial charge >= 0.3 is 0 Å². The number of nitrogens with one attached hydrogen (secondary N) is 1. The van der Waals surface area contributed by atoms with Gasteiger partial charge in [-0.25, -0.2) is 4.98 Å². The molecule has 0 aliphatic heterocycles. The van der Waals surface area contributed by atoms with E-state index in [-0.39, 0.29) is 24.1 Å². The number of nitrogens with two attached hydrogens (primary N) is 1. The zero-order valence-electron chi connectivity index (χ0n) is 21.8. The number of anilines is 2. The molecule has 3 N–H and O–H groups in total. The molecule has 0 saturated carbocycles. The highest BCUT2D eigenvalue weighted by Gasteiger charge is 2.19. The summed E-state index contributed by atoms with van der Waals surface area (Å²) in [7, 11) is 1.58. The van der Waals surface area contributed by atoms with Crippen LogP contribution in [0, 0.1) is 13.8 Å². The van der Waals surface area contributed by atoms with Gasteiger partial charge in [-0.1, -0.05) is 47.5 Å². The maximum atomic E-state index is 12.9. The Morgan fingerprint density at radius 3 is 2.64 bits per heavy atom. The Morgan fingerprint density at radius 1 is 1.08 bits per heavy atom. The topological polar surface area (TPSA) is 97.5 Å². The van der Waals surface area contributed by atoms with Crippen LogP contribution in [-0.4, -0.2) is 30.4 Å². The molecule has 4 rings (SSSR count). The van der Waals surface area contributed by atoms with Crippen LogP contribution in [0.15, 0.2) is 66.7 Å². The van der Waals surface area contributed by atoms with Gasteiger partial charge < -0.3 is 20.7 Å². The molecule has 0 radical (unpaired) electrons. The standard InChI is InChI=1S/C30H28Cl2N4O3/c1-18-15-20(8-12-24(18)33)9-14-27(37)34-16-28(38)36(3)25-13-11-23(31)22(29(25)32)17-39-26-6-4-5-21-10-7-19(2)35-30(21)26/h4-15H,16-17,33H2,1-3H3,(H,34,37).